The third-order valence-electron chi connectivity index (χ3n) is 3.27. The van der Waals surface area contributed by atoms with Crippen molar-refractivity contribution in [2.24, 2.45) is 0 Å². The smallest absolute Gasteiger partial charge is 0.233 e. The Labute approximate surface area is 135 Å². The molecular formula is C16H22N4OS. The van der Waals surface area contributed by atoms with Crippen molar-refractivity contribution in [1.29, 1.82) is 0 Å². The zero-order valence-corrected chi connectivity index (χ0v) is 14.1. The molecule has 0 saturated heterocycles. The number of nitrogens with zero attached hydrogens (tertiary/aromatic N) is 3. The summed E-state index contributed by atoms with van der Waals surface area (Å²) in [6, 6.07) is 9.98. The van der Waals surface area contributed by atoms with E-state index in [1.54, 1.807) is 0 Å². The maximum atomic E-state index is 12.0. The molecule has 1 aromatic carbocycles. The molecule has 1 N–H and O–H groups in total. The van der Waals surface area contributed by atoms with Crippen LogP contribution in [0.4, 0.5) is 0 Å². The second-order valence-electron chi connectivity index (χ2n) is 4.97. The molecule has 0 unspecified atom stereocenters. The van der Waals surface area contributed by atoms with Crippen LogP contribution >= 0.6 is 11.8 Å². The molecule has 6 heteroatoms. The first kappa shape index (κ1) is 16.5. The van der Waals surface area contributed by atoms with Crippen LogP contribution < -0.4 is 5.32 Å². The van der Waals surface area contributed by atoms with E-state index in [9.17, 15) is 4.79 Å². The zero-order chi connectivity index (χ0) is 15.9. The molecule has 0 aliphatic rings. The van der Waals surface area contributed by atoms with Crippen molar-refractivity contribution in [1.82, 2.24) is 20.1 Å². The third kappa shape index (κ3) is 3.88. The molecule has 118 valence electrons. The van der Waals surface area contributed by atoms with E-state index in [1.165, 1.54) is 11.8 Å². The monoisotopic (exact) mass is 318 g/mol. The number of hydrogen-bond donors (Lipinski definition) is 1. The quantitative estimate of drug-likeness (QED) is 0.797. The summed E-state index contributed by atoms with van der Waals surface area (Å²) in [6.07, 6.45) is 0.937. The summed E-state index contributed by atoms with van der Waals surface area (Å²) in [4.78, 5) is 12.0. The summed E-state index contributed by atoms with van der Waals surface area (Å²) in [5, 5.41) is 12.1. The Kier molecular flexibility index (Phi) is 6.00. The fraction of sp³-hybridized carbons (Fsp3) is 0.438. The Bertz CT molecular complexity index is 612. The Morgan fingerprint density at radius 3 is 2.64 bits per heavy atom. The number of carbonyl (C=O) groups is 1. The summed E-state index contributed by atoms with van der Waals surface area (Å²) in [6.45, 7) is 7.47. The molecular weight excluding hydrogens is 296 g/mol. The van der Waals surface area contributed by atoms with Gasteiger partial charge in [-0.2, -0.15) is 0 Å². The number of nitrogens with one attached hydrogen (secondary N) is 1. The maximum Gasteiger partial charge on any atom is 0.233 e. The van der Waals surface area contributed by atoms with Crippen molar-refractivity contribution < 1.29 is 4.79 Å². The van der Waals surface area contributed by atoms with Gasteiger partial charge in [-0.1, -0.05) is 49.0 Å². The SMILES string of the molecule is CCCNC(=O)[C@H](C)Sc1nnc(-c2ccccc2)n1CC. The number of carbonyl (C=O) groups excluding carboxylic acids is 1. The molecule has 0 radical (unpaired) electrons. The largest absolute Gasteiger partial charge is 0.355 e. The summed E-state index contributed by atoms with van der Waals surface area (Å²) < 4.78 is 2.05. The molecule has 1 aromatic heterocycles. The van der Waals surface area contributed by atoms with Crippen molar-refractivity contribution >= 4 is 17.7 Å². The van der Waals surface area contributed by atoms with Gasteiger partial charge in [0.05, 0.1) is 5.25 Å². The molecule has 5 nitrogen and oxygen atoms in total. The van der Waals surface area contributed by atoms with Gasteiger partial charge in [0.15, 0.2) is 11.0 Å². The van der Waals surface area contributed by atoms with E-state index in [4.69, 9.17) is 0 Å². The molecule has 0 bridgehead atoms. The van der Waals surface area contributed by atoms with Crippen LogP contribution in [0.15, 0.2) is 35.5 Å². The van der Waals surface area contributed by atoms with Crippen LogP contribution in [0.2, 0.25) is 0 Å². The van der Waals surface area contributed by atoms with Crippen LogP contribution in [0.25, 0.3) is 11.4 Å². The first-order valence-corrected chi connectivity index (χ1v) is 8.48. The maximum absolute atomic E-state index is 12.0. The molecule has 2 rings (SSSR count). The fourth-order valence-electron chi connectivity index (χ4n) is 2.07. The van der Waals surface area contributed by atoms with Crippen LogP contribution in [0.3, 0.4) is 0 Å². The molecule has 0 fully saturated rings. The first-order valence-electron chi connectivity index (χ1n) is 7.60. The van der Waals surface area contributed by atoms with E-state index >= 15 is 0 Å². The highest BCUT2D eigenvalue weighted by molar-refractivity contribution is 8.00. The van der Waals surface area contributed by atoms with Gasteiger partial charge < -0.3 is 9.88 Å². The van der Waals surface area contributed by atoms with Gasteiger partial charge in [-0.25, -0.2) is 0 Å². The van der Waals surface area contributed by atoms with Gasteiger partial charge in [0.1, 0.15) is 0 Å². The lowest BCUT2D eigenvalue weighted by Gasteiger charge is -2.12. The van der Waals surface area contributed by atoms with Gasteiger partial charge in [-0.15, -0.1) is 10.2 Å². The predicted molar refractivity (Wildman–Crippen MR) is 89.8 cm³/mol. The average Bonchev–Trinajstić information content (AvgIpc) is 2.95. The Morgan fingerprint density at radius 2 is 2.00 bits per heavy atom. The number of rotatable bonds is 7. The number of hydrogen-bond acceptors (Lipinski definition) is 4. The Balaban J connectivity index is 2.16. The molecule has 1 amide bonds. The van der Waals surface area contributed by atoms with E-state index in [-0.39, 0.29) is 11.2 Å². The minimum absolute atomic E-state index is 0.0405. The van der Waals surface area contributed by atoms with E-state index in [0.717, 1.165) is 29.5 Å². The molecule has 0 aliphatic heterocycles. The van der Waals surface area contributed by atoms with Gasteiger partial charge in [0, 0.05) is 18.7 Å². The van der Waals surface area contributed by atoms with Crippen molar-refractivity contribution in [3.05, 3.63) is 30.3 Å². The number of thioether (sulfide) groups is 1. The van der Waals surface area contributed by atoms with Crippen molar-refractivity contribution in [2.45, 2.75) is 44.1 Å². The Morgan fingerprint density at radius 1 is 1.27 bits per heavy atom. The topological polar surface area (TPSA) is 59.8 Å². The van der Waals surface area contributed by atoms with Crippen LogP contribution in [-0.2, 0) is 11.3 Å². The van der Waals surface area contributed by atoms with Crippen molar-refractivity contribution in [2.75, 3.05) is 6.54 Å². The van der Waals surface area contributed by atoms with Crippen molar-refractivity contribution in [3.8, 4) is 11.4 Å². The highest BCUT2D eigenvalue weighted by atomic mass is 32.2. The van der Waals surface area contributed by atoms with E-state index in [2.05, 4.69) is 22.4 Å². The molecule has 0 saturated carbocycles. The predicted octanol–water partition coefficient (Wildman–Crippen LogP) is 2.97. The van der Waals surface area contributed by atoms with Gasteiger partial charge in [0.25, 0.3) is 0 Å². The molecule has 22 heavy (non-hydrogen) atoms. The normalized spacial score (nSPS) is 12.1. The summed E-state index contributed by atoms with van der Waals surface area (Å²) >= 11 is 1.45. The Hall–Kier alpha value is -1.82. The zero-order valence-electron chi connectivity index (χ0n) is 13.2. The second-order valence-corrected chi connectivity index (χ2v) is 6.28. The van der Waals surface area contributed by atoms with Crippen molar-refractivity contribution in [3.63, 3.8) is 0 Å². The summed E-state index contributed by atoms with van der Waals surface area (Å²) in [5.74, 6) is 0.880. The number of benzene rings is 1. The minimum Gasteiger partial charge on any atom is -0.355 e. The van der Waals surface area contributed by atoms with Gasteiger partial charge >= 0.3 is 0 Å². The van der Waals surface area contributed by atoms with Crippen LogP contribution in [0.1, 0.15) is 27.2 Å². The molecule has 0 aliphatic carbocycles. The average molecular weight is 318 g/mol. The lowest BCUT2D eigenvalue weighted by Crippen LogP contribution is -2.31. The molecule has 1 atom stereocenters. The lowest BCUT2D eigenvalue weighted by molar-refractivity contribution is -0.120. The minimum atomic E-state index is -0.190. The molecule has 0 spiro atoms. The number of amides is 1. The van der Waals surface area contributed by atoms with Crippen LogP contribution in [-0.4, -0.2) is 32.5 Å². The standard InChI is InChI=1S/C16H22N4OS/c1-4-11-17-15(21)12(3)22-16-19-18-14(20(16)5-2)13-9-7-6-8-10-13/h6-10,12H,4-5,11H2,1-3H3,(H,17,21)/t12-/m0/s1. The van der Waals surface area contributed by atoms with Gasteiger partial charge in [-0.3, -0.25) is 4.79 Å². The first-order chi connectivity index (χ1) is 10.7. The van der Waals surface area contributed by atoms with Gasteiger partial charge in [0.2, 0.25) is 5.91 Å². The van der Waals surface area contributed by atoms with Crippen LogP contribution in [0.5, 0.6) is 0 Å². The highest BCUT2D eigenvalue weighted by Crippen LogP contribution is 2.26. The highest BCUT2D eigenvalue weighted by Gasteiger charge is 2.19. The second kappa shape index (κ2) is 7.98. The van der Waals surface area contributed by atoms with E-state index in [1.807, 2.05) is 48.7 Å². The van der Waals surface area contributed by atoms with Gasteiger partial charge in [-0.05, 0) is 20.3 Å². The lowest BCUT2D eigenvalue weighted by atomic mass is 10.2. The van der Waals surface area contributed by atoms with E-state index < -0.39 is 0 Å². The summed E-state index contributed by atoms with van der Waals surface area (Å²) in [7, 11) is 0. The molecule has 1 heterocycles. The summed E-state index contributed by atoms with van der Waals surface area (Å²) in [5.41, 5.74) is 1.03. The molecule has 2 aromatic rings. The fourth-order valence-corrected chi connectivity index (χ4v) is 3.00. The van der Waals surface area contributed by atoms with E-state index in [0.29, 0.717) is 6.54 Å². The van der Waals surface area contributed by atoms with Crippen LogP contribution in [0, 0.1) is 0 Å². The third-order valence-corrected chi connectivity index (χ3v) is 4.35. The number of aromatic nitrogens is 3.